The Morgan fingerprint density at radius 1 is 1.35 bits per heavy atom. The molecular weight excluding hydrogens is 280 g/mol. The zero-order chi connectivity index (χ0) is 12.3. The molecule has 17 heavy (non-hydrogen) atoms. The molecule has 0 fully saturated rings. The molecule has 4 nitrogen and oxygen atoms in total. The van der Waals surface area contributed by atoms with Crippen molar-refractivity contribution < 1.29 is 0 Å². The van der Waals surface area contributed by atoms with Crippen LogP contribution in [0.25, 0.3) is 0 Å². The standard InChI is InChI=1S/C12H9BrN4/c1-8-4-10(13)6-11(5-8)16-12-9(7-14)2-3-15-17-12/h2-6H,1H3,(H,16,17). The lowest BCUT2D eigenvalue weighted by molar-refractivity contribution is 1.03. The number of benzene rings is 1. The fourth-order valence-corrected chi connectivity index (χ4v) is 2.07. The number of nitrogens with zero attached hydrogens (tertiary/aromatic N) is 3. The molecule has 2 aromatic rings. The molecule has 2 rings (SSSR count). The molecule has 0 amide bonds. The summed E-state index contributed by atoms with van der Waals surface area (Å²) in [6, 6.07) is 9.59. The predicted molar refractivity (Wildman–Crippen MR) is 68.9 cm³/mol. The van der Waals surface area contributed by atoms with Gasteiger partial charge in [0, 0.05) is 10.2 Å². The van der Waals surface area contributed by atoms with Crippen LogP contribution in [0.15, 0.2) is 34.9 Å². The summed E-state index contributed by atoms with van der Waals surface area (Å²) in [6.45, 7) is 2.00. The van der Waals surface area contributed by atoms with E-state index in [0.717, 1.165) is 15.7 Å². The Morgan fingerprint density at radius 3 is 2.88 bits per heavy atom. The molecule has 5 heteroatoms. The van der Waals surface area contributed by atoms with Crippen molar-refractivity contribution in [3.63, 3.8) is 0 Å². The van der Waals surface area contributed by atoms with Gasteiger partial charge >= 0.3 is 0 Å². The van der Waals surface area contributed by atoms with Gasteiger partial charge in [0.25, 0.3) is 0 Å². The quantitative estimate of drug-likeness (QED) is 0.922. The van der Waals surface area contributed by atoms with Crippen LogP contribution in [0, 0.1) is 18.3 Å². The lowest BCUT2D eigenvalue weighted by Gasteiger charge is -2.07. The van der Waals surface area contributed by atoms with Gasteiger partial charge in [-0.25, -0.2) is 0 Å². The molecule has 0 aliphatic rings. The van der Waals surface area contributed by atoms with E-state index >= 15 is 0 Å². The first kappa shape index (κ1) is 11.6. The van der Waals surface area contributed by atoms with Gasteiger partial charge in [-0.2, -0.15) is 10.4 Å². The summed E-state index contributed by atoms with van der Waals surface area (Å²) < 4.78 is 0.974. The first-order valence-corrected chi connectivity index (χ1v) is 5.74. The van der Waals surface area contributed by atoms with Gasteiger partial charge in [0.2, 0.25) is 0 Å². The van der Waals surface area contributed by atoms with Gasteiger partial charge in [0.05, 0.1) is 11.8 Å². The predicted octanol–water partition coefficient (Wildman–Crippen LogP) is 3.16. The highest BCUT2D eigenvalue weighted by atomic mass is 79.9. The molecule has 1 aromatic heterocycles. The van der Waals surface area contributed by atoms with Crippen molar-refractivity contribution in [2.24, 2.45) is 0 Å². The molecule has 84 valence electrons. The number of aryl methyl sites for hydroxylation is 1. The van der Waals surface area contributed by atoms with Crippen molar-refractivity contribution in [1.82, 2.24) is 10.2 Å². The average Bonchev–Trinajstić information content (AvgIpc) is 2.28. The van der Waals surface area contributed by atoms with Crippen LogP contribution in [0.4, 0.5) is 11.5 Å². The molecular formula is C12H9BrN4. The van der Waals surface area contributed by atoms with E-state index in [1.807, 2.05) is 25.1 Å². The zero-order valence-corrected chi connectivity index (χ0v) is 10.7. The summed E-state index contributed by atoms with van der Waals surface area (Å²) in [7, 11) is 0. The average molecular weight is 289 g/mol. The number of anilines is 2. The first-order chi connectivity index (χ1) is 8.19. The molecule has 1 N–H and O–H groups in total. The van der Waals surface area contributed by atoms with Crippen LogP contribution in [0.1, 0.15) is 11.1 Å². The third-order valence-corrected chi connectivity index (χ3v) is 2.60. The van der Waals surface area contributed by atoms with Gasteiger partial charge < -0.3 is 5.32 Å². The molecule has 0 saturated carbocycles. The van der Waals surface area contributed by atoms with Crippen molar-refractivity contribution >= 4 is 27.4 Å². The number of aromatic nitrogens is 2. The number of rotatable bonds is 2. The summed E-state index contributed by atoms with van der Waals surface area (Å²) in [6.07, 6.45) is 1.50. The monoisotopic (exact) mass is 288 g/mol. The number of halogens is 1. The maximum Gasteiger partial charge on any atom is 0.171 e. The van der Waals surface area contributed by atoms with Crippen LogP contribution in [0.3, 0.4) is 0 Å². The fraction of sp³-hybridized carbons (Fsp3) is 0.0833. The van der Waals surface area contributed by atoms with Crippen molar-refractivity contribution in [2.75, 3.05) is 5.32 Å². The zero-order valence-electron chi connectivity index (χ0n) is 9.11. The maximum atomic E-state index is 8.94. The normalized spacial score (nSPS) is 9.71. The first-order valence-electron chi connectivity index (χ1n) is 4.95. The van der Waals surface area contributed by atoms with Gasteiger partial charge in [0.15, 0.2) is 5.82 Å². The number of hydrogen-bond donors (Lipinski definition) is 1. The number of nitriles is 1. The number of nitrogens with one attached hydrogen (secondary N) is 1. The van der Waals surface area contributed by atoms with E-state index in [4.69, 9.17) is 5.26 Å². The molecule has 0 aliphatic carbocycles. The molecule has 0 atom stereocenters. The van der Waals surface area contributed by atoms with Gasteiger partial charge in [0.1, 0.15) is 6.07 Å². The van der Waals surface area contributed by atoms with Crippen LogP contribution in [-0.2, 0) is 0 Å². The second-order valence-corrected chi connectivity index (χ2v) is 4.46. The highest BCUT2D eigenvalue weighted by Crippen LogP contribution is 2.22. The number of hydrogen-bond acceptors (Lipinski definition) is 4. The minimum Gasteiger partial charge on any atom is -0.338 e. The van der Waals surface area contributed by atoms with Crippen LogP contribution in [0.2, 0.25) is 0 Å². The van der Waals surface area contributed by atoms with Crippen molar-refractivity contribution in [3.8, 4) is 6.07 Å². The van der Waals surface area contributed by atoms with E-state index in [2.05, 4.69) is 37.5 Å². The third-order valence-electron chi connectivity index (χ3n) is 2.15. The van der Waals surface area contributed by atoms with Crippen LogP contribution in [-0.4, -0.2) is 10.2 Å². The Morgan fingerprint density at radius 2 is 2.18 bits per heavy atom. The highest BCUT2D eigenvalue weighted by Gasteiger charge is 2.04. The van der Waals surface area contributed by atoms with Crippen molar-refractivity contribution in [2.45, 2.75) is 6.92 Å². The van der Waals surface area contributed by atoms with E-state index in [0.29, 0.717) is 11.4 Å². The maximum absolute atomic E-state index is 8.94. The second kappa shape index (κ2) is 4.93. The Hall–Kier alpha value is -1.93. The summed E-state index contributed by atoms with van der Waals surface area (Å²) in [5.41, 5.74) is 2.45. The Bertz CT molecular complexity index is 569. The van der Waals surface area contributed by atoms with E-state index in [1.165, 1.54) is 6.20 Å². The van der Waals surface area contributed by atoms with Gasteiger partial charge in [-0.15, -0.1) is 5.10 Å². The summed E-state index contributed by atoms with van der Waals surface area (Å²) in [5, 5.41) is 19.7. The highest BCUT2D eigenvalue weighted by molar-refractivity contribution is 9.10. The molecule has 1 heterocycles. The van der Waals surface area contributed by atoms with Crippen LogP contribution < -0.4 is 5.32 Å². The SMILES string of the molecule is Cc1cc(Br)cc(Nc2nnccc2C#N)c1. The topological polar surface area (TPSA) is 61.6 Å². The van der Waals surface area contributed by atoms with E-state index < -0.39 is 0 Å². The lowest BCUT2D eigenvalue weighted by Crippen LogP contribution is -1.98. The summed E-state index contributed by atoms with van der Waals surface area (Å²) in [4.78, 5) is 0. The summed E-state index contributed by atoms with van der Waals surface area (Å²) >= 11 is 3.42. The van der Waals surface area contributed by atoms with Gasteiger partial charge in [-0.3, -0.25) is 0 Å². The molecule has 0 radical (unpaired) electrons. The smallest absolute Gasteiger partial charge is 0.171 e. The van der Waals surface area contributed by atoms with Crippen molar-refractivity contribution in [1.29, 1.82) is 5.26 Å². The fourth-order valence-electron chi connectivity index (χ4n) is 1.46. The minimum atomic E-state index is 0.465. The van der Waals surface area contributed by atoms with E-state index in [9.17, 15) is 0 Å². The Balaban J connectivity index is 2.35. The van der Waals surface area contributed by atoms with Crippen LogP contribution in [0.5, 0.6) is 0 Å². The lowest BCUT2D eigenvalue weighted by atomic mass is 10.2. The second-order valence-electron chi connectivity index (χ2n) is 3.55. The van der Waals surface area contributed by atoms with Gasteiger partial charge in [-0.1, -0.05) is 15.9 Å². The molecule has 0 unspecified atom stereocenters. The van der Waals surface area contributed by atoms with Gasteiger partial charge in [-0.05, 0) is 36.8 Å². The molecule has 0 spiro atoms. The largest absolute Gasteiger partial charge is 0.338 e. The van der Waals surface area contributed by atoms with Crippen LogP contribution >= 0.6 is 15.9 Å². The summed E-state index contributed by atoms with van der Waals surface area (Å²) in [5.74, 6) is 0.465. The van der Waals surface area contributed by atoms with Crippen molar-refractivity contribution in [3.05, 3.63) is 46.1 Å². The third kappa shape index (κ3) is 2.80. The minimum absolute atomic E-state index is 0.465. The van der Waals surface area contributed by atoms with E-state index in [-0.39, 0.29) is 0 Å². The molecule has 0 saturated heterocycles. The molecule has 0 bridgehead atoms. The Labute approximate surface area is 107 Å². The van der Waals surface area contributed by atoms with E-state index in [1.54, 1.807) is 6.07 Å². The molecule has 0 aliphatic heterocycles. The molecule has 1 aromatic carbocycles. The Kier molecular flexibility index (Phi) is 3.35.